The van der Waals surface area contributed by atoms with E-state index in [2.05, 4.69) is 0 Å². The summed E-state index contributed by atoms with van der Waals surface area (Å²) in [4.78, 5) is 0. The quantitative estimate of drug-likeness (QED) is 0.706. The fourth-order valence-corrected chi connectivity index (χ4v) is 3.19. The van der Waals surface area contributed by atoms with Crippen LogP contribution in [0.2, 0.25) is 0 Å². The van der Waals surface area contributed by atoms with Crippen LogP contribution >= 0.6 is 7.60 Å². The number of rotatable bonds is 7. The van der Waals surface area contributed by atoms with Crippen LogP contribution in [-0.2, 0) is 13.6 Å². The first kappa shape index (κ1) is 15.4. The van der Waals surface area contributed by atoms with Gasteiger partial charge < -0.3 is 9.05 Å². The van der Waals surface area contributed by atoms with Crippen LogP contribution in [0.25, 0.3) is 0 Å². The largest absolute Gasteiger partial charge is 0.361 e. The van der Waals surface area contributed by atoms with E-state index in [9.17, 15) is 4.57 Å². The van der Waals surface area contributed by atoms with Crippen molar-refractivity contribution in [3.8, 4) is 0 Å². The van der Waals surface area contributed by atoms with Gasteiger partial charge >= 0.3 is 7.60 Å². The Balaban J connectivity index is 2.83. The van der Waals surface area contributed by atoms with Crippen LogP contribution < -0.4 is 5.30 Å². The van der Waals surface area contributed by atoms with Gasteiger partial charge in [-0.15, -0.1) is 0 Å². The lowest BCUT2D eigenvalue weighted by atomic mass is 10.2. The summed E-state index contributed by atoms with van der Waals surface area (Å²) in [6.07, 6.45) is 0. The molecule has 18 heavy (non-hydrogen) atoms. The second kappa shape index (κ2) is 7.08. The average molecular weight is 270 g/mol. The molecule has 0 aliphatic carbocycles. The molecule has 0 saturated carbocycles. The third-order valence-electron chi connectivity index (χ3n) is 2.23. The molecule has 0 aliphatic rings. The highest BCUT2D eigenvalue weighted by Crippen LogP contribution is 2.47. The summed E-state index contributed by atoms with van der Waals surface area (Å²) in [6, 6.07) is 9.17. The number of benzene rings is 1. The van der Waals surface area contributed by atoms with Crippen LogP contribution in [0.3, 0.4) is 0 Å². The van der Waals surface area contributed by atoms with Gasteiger partial charge in [0.05, 0.1) is 18.5 Å². The van der Waals surface area contributed by atoms with Crippen LogP contribution in [0.15, 0.2) is 30.3 Å². The van der Waals surface area contributed by atoms with E-state index in [1.807, 2.05) is 45.9 Å². The highest BCUT2D eigenvalue weighted by atomic mass is 31.2. The molecule has 3 nitrogen and oxygen atoms in total. The van der Waals surface area contributed by atoms with Crippen molar-refractivity contribution in [2.45, 2.75) is 27.7 Å². The van der Waals surface area contributed by atoms with E-state index in [0.717, 1.165) is 0 Å². The van der Waals surface area contributed by atoms with Gasteiger partial charge in [-0.2, -0.15) is 0 Å². The molecule has 0 spiro atoms. The van der Waals surface area contributed by atoms with Gasteiger partial charge in [-0.3, -0.25) is 4.57 Å². The molecule has 1 aromatic carbocycles. The van der Waals surface area contributed by atoms with Gasteiger partial charge in [0.25, 0.3) is 0 Å². The molecule has 0 aromatic heterocycles. The van der Waals surface area contributed by atoms with Crippen molar-refractivity contribution >= 4 is 12.9 Å². The summed E-state index contributed by atoms with van der Waals surface area (Å²) in [5.41, 5.74) is 0. The van der Waals surface area contributed by atoms with Gasteiger partial charge in [-0.05, 0) is 24.0 Å². The van der Waals surface area contributed by atoms with Gasteiger partial charge in [-0.25, -0.2) is 0 Å². The van der Waals surface area contributed by atoms with E-state index in [1.54, 1.807) is 12.1 Å². The molecule has 0 bridgehead atoms. The Morgan fingerprint density at radius 1 is 0.944 bits per heavy atom. The first-order valence-electron chi connectivity index (χ1n) is 6.39. The van der Waals surface area contributed by atoms with E-state index < -0.39 is 7.60 Å². The third-order valence-corrected chi connectivity index (χ3v) is 4.14. The van der Waals surface area contributed by atoms with Crippen LogP contribution in [0.5, 0.6) is 0 Å². The average Bonchev–Trinajstić information content (AvgIpc) is 2.35. The van der Waals surface area contributed by atoms with E-state index in [1.165, 1.54) is 0 Å². The predicted molar refractivity (Wildman–Crippen MR) is 75.3 cm³/mol. The second-order valence-electron chi connectivity index (χ2n) is 5.21. The number of hydrogen-bond acceptors (Lipinski definition) is 3. The summed E-state index contributed by atoms with van der Waals surface area (Å²) >= 11 is 0. The van der Waals surface area contributed by atoms with Gasteiger partial charge in [-0.1, -0.05) is 45.9 Å². The minimum atomic E-state index is -3.18. The molecule has 0 atom stereocenters. The highest BCUT2D eigenvalue weighted by Gasteiger charge is 2.28. The molecule has 0 radical (unpaired) electrons. The van der Waals surface area contributed by atoms with Gasteiger partial charge in [0, 0.05) is 0 Å². The van der Waals surface area contributed by atoms with Crippen LogP contribution in [0.1, 0.15) is 27.7 Å². The van der Waals surface area contributed by atoms with Crippen LogP contribution in [0.4, 0.5) is 0 Å². The fraction of sp³-hybridized carbons (Fsp3) is 0.571. The fourth-order valence-electron chi connectivity index (χ4n) is 1.29. The summed E-state index contributed by atoms with van der Waals surface area (Å²) in [5.74, 6) is 0.648. The third kappa shape index (κ3) is 4.93. The first-order valence-corrected chi connectivity index (χ1v) is 7.93. The molecule has 1 rings (SSSR count). The van der Waals surface area contributed by atoms with Crippen LogP contribution in [0, 0.1) is 11.8 Å². The van der Waals surface area contributed by atoms with Crippen LogP contribution in [-0.4, -0.2) is 13.2 Å². The highest BCUT2D eigenvalue weighted by molar-refractivity contribution is 7.62. The molecule has 0 amide bonds. The maximum Gasteiger partial charge on any atom is 0.361 e. The van der Waals surface area contributed by atoms with Gasteiger partial charge in [0.2, 0.25) is 0 Å². The van der Waals surface area contributed by atoms with Gasteiger partial charge in [0.1, 0.15) is 0 Å². The number of hydrogen-bond donors (Lipinski definition) is 0. The van der Waals surface area contributed by atoms with Crippen molar-refractivity contribution in [2.75, 3.05) is 13.2 Å². The smallest absolute Gasteiger partial charge is 0.305 e. The first-order chi connectivity index (χ1) is 8.44. The Labute approximate surface area is 110 Å². The Hall–Kier alpha value is -0.630. The lowest BCUT2D eigenvalue weighted by molar-refractivity contribution is 0.181. The Morgan fingerprint density at radius 2 is 1.39 bits per heavy atom. The topological polar surface area (TPSA) is 35.5 Å². The predicted octanol–water partition coefficient (Wildman–Crippen LogP) is 3.85. The Bertz CT molecular complexity index is 371. The van der Waals surface area contributed by atoms with E-state index in [0.29, 0.717) is 30.4 Å². The molecule has 0 aliphatic heterocycles. The van der Waals surface area contributed by atoms with Crippen molar-refractivity contribution in [3.05, 3.63) is 30.3 Å². The monoisotopic (exact) mass is 270 g/mol. The second-order valence-corrected chi connectivity index (χ2v) is 7.24. The summed E-state index contributed by atoms with van der Waals surface area (Å²) in [6.45, 7) is 8.97. The van der Waals surface area contributed by atoms with E-state index in [-0.39, 0.29) is 0 Å². The van der Waals surface area contributed by atoms with Crippen molar-refractivity contribution in [2.24, 2.45) is 11.8 Å². The molecule has 1 aromatic rings. The lowest BCUT2D eigenvalue weighted by Crippen LogP contribution is -2.14. The minimum absolute atomic E-state index is 0.324. The summed E-state index contributed by atoms with van der Waals surface area (Å²) in [5, 5.41) is 0.631. The summed E-state index contributed by atoms with van der Waals surface area (Å²) in [7, 11) is -3.18. The maximum atomic E-state index is 12.8. The molecule has 0 saturated heterocycles. The normalized spacial score (nSPS) is 12.3. The molecule has 4 heteroatoms. The zero-order valence-corrected chi connectivity index (χ0v) is 12.5. The molecule has 102 valence electrons. The minimum Gasteiger partial charge on any atom is -0.305 e. The Morgan fingerprint density at radius 3 is 1.78 bits per heavy atom. The standard InChI is InChI=1S/C14H23O3P/c1-12(2)10-16-18(15,17-11-13(3)4)14-8-6-5-7-9-14/h5-9,12-13H,10-11H2,1-4H3. The zero-order valence-electron chi connectivity index (χ0n) is 11.6. The lowest BCUT2D eigenvalue weighted by Gasteiger charge is -2.20. The molecule has 0 N–H and O–H groups in total. The molecule has 0 heterocycles. The summed E-state index contributed by atoms with van der Waals surface area (Å²) < 4.78 is 23.9. The van der Waals surface area contributed by atoms with Crippen molar-refractivity contribution < 1.29 is 13.6 Å². The SMILES string of the molecule is CC(C)COP(=O)(OCC(C)C)c1ccccc1. The van der Waals surface area contributed by atoms with Crippen molar-refractivity contribution in [1.82, 2.24) is 0 Å². The zero-order chi connectivity index (χ0) is 13.6. The van der Waals surface area contributed by atoms with Gasteiger partial charge in [0.15, 0.2) is 0 Å². The Kier molecular flexibility index (Phi) is 6.07. The molecule has 0 fully saturated rings. The maximum absolute atomic E-state index is 12.8. The van der Waals surface area contributed by atoms with Crippen molar-refractivity contribution in [1.29, 1.82) is 0 Å². The molecular weight excluding hydrogens is 247 g/mol. The van der Waals surface area contributed by atoms with E-state index >= 15 is 0 Å². The molecular formula is C14H23O3P. The van der Waals surface area contributed by atoms with E-state index in [4.69, 9.17) is 9.05 Å². The van der Waals surface area contributed by atoms with Crippen molar-refractivity contribution in [3.63, 3.8) is 0 Å². The molecule has 0 unspecified atom stereocenters.